The molecule has 0 bridgehead atoms. The maximum atomic E-state index is 6.41. The van der Waals surface area contributed by atoms with Gasteiger partial charge in [-0.3, -0.25) is 0 Å². The summed E-state index contributed by atoms with van der Waals surface area (Å²) >= 11 is 6.12. The van der Waals surface area contributed by atoms with Crippen LogP contribution in [0.5, 0.6) is 0 Å². The second kappa shape index (κ2) is 8.33. The monoisotopic (exact) mass is 492 g/mol. The van der Waals surface area contributed by atoms with Gasteiger partial charge in [-0.05, 0) is 50.8 Å². The fourth-order valence-electron chi connectivity index (χ4n) is 5.81. The van der Waals surface area contributed by atoms with Gasteiger partial charge in [-0.25, -0.2) is 15.0 Å². The van der Waals surface area contributed by atoms with Crippen molar-refractivity contribution in [1.29, 1.82) is 0 Å². The Kier molecular flexibility index (Phi) is 5.36. The van der Waals surface area contributed by atoms with Gasteiger partial charge >= 0.3 is 0 Å². The molecule has 0 spiro atoms. The molecule has 1 aromatic carbocycles. The zero-order chi connectivity index (χ0) is 24.3. The molecule has 182 valence electrons. The molecule has 6 rings (SSSR count). The molecule has 1 saturated heterocycles. The Bertz CT molecular complexity index is 1330. The Hall–Kier alpha value is -2.94. The lowest BCUT2D eigenvalue weighted by atomic mass is 9.95. The van der Waals surface area contributed by atoms with Crippen LogP contribution in [0.3, 0.4) is 0 Å². The fraction of sp³-hybridized carbons (Fsp3) is 0.423. The van der Waals surface area contributed by atoms with Crippen LogP contribution in [0.2, 0.25) is 5.02 Å². The van der Waals surface area contributed by atoms with E-state index in [0.717, 1.165) is 53.7 Å². The first kappa shape index (κ1) is 22.5. The molecule has 2 aliphatic heterocycles. The number of fused-ring (bicyclic) bond motifs is 3. The number of nitrogen functional groups attached to an aromatic ring is 2. The van der Waals surface area contributed by atoms with E-state index in [1.54, 1.807) is 6.33 Å². The van der Waals surface area contributed by atoms with Gasteiger partial charge in [0, 0.05) is 29.5 Å². The van der Waals surface area contributed by atoms with E-state index in [1.165, 1.54) is 0 Å². The van der Waals surface area contributed by atoms with Gasteiger partial charge in [0.05, 0.1) is 22.7 Å². The van der Waals surface area contributed by atoms with Crippen molar-refractivity contribution < 1.29 is 9.47 Å². The van der Waals surface area contributed by atoms with Crippen molar-refractivity contribution in [2.75, 3.05) is 22.9 Å². The quantitative estimate of drug-likeness (QED) is 0.559. The summed E-state index contributed by atoms with van der Waals surface area (Å²) in [7, 11) is 0. The number of nitrogens with two attached hydrogens (primary N) is 2. The standard InChI is InChI=1S/C26H29ClN6O2/c1-26(2)34-21(6-4-14-3-5-15-10-19(27)24(29)32-20(15)9-14)18-11-16(12-22(18)35-26)33-8-7-17-23(28)30-13-31-25(17)33/h3-6,9-10,13,16,18,21-22H,7-8,11-12H2,1-2H3,(H2,29,32)(H2,28,30,31)/b6-4+/t16?,18?,21-,22?/m1/s1. The molecule has 8 nitrogen and oxygen atoms in total. The molecule has 1 saturated carbocycles. The van der Waals surface area contributed by atoms with Crippen molar-refractivity contribution in [2.24, 2.45) is 5.92 Å². The van der Waals surface area contributed by atoms with Crippen LogP contribution < -0.4 is 16.4 Å². The molecule has 4 atom stereocenters. The van der Waals surface area contributed by atoms with E-state index in [4.69, 9.17) is 32.5 Å². The average molecular weight is 493 g/mol. The number of rotatable bonds is 3. The number of hydrogen-bond donors (Lipinski definition) is 2. The number of anilines is 3. The average Bonchev–Trinajstić information content (AvgIpc) is 3.42. The summed E-state index contributed by atoms with van der Waals surface area (Å²) in [4.78, 5) is 15.5. The molecule has 0 amide bonds. The molecule has 2 fully saturated rings. The van der Waals surface area contributed by atoms with Crippen LogP contribution in [0.25, 0.3) is 17.0 Å². The number of pyridine rings is 1. The topological polar surface area (TPSA) is 112 Å². The molecule has 3 unspecified atom stereocenters. The summed E-state index contributed by atoms with van der Waals surface area (Å²) in [5, 5.41) is 1.43. The molecule has 3 aromatic rings. The van der Waals surface area contributed by atoms with Gasteiger partial charge in [-0.1, -0.05) is 35.9 Å². The number of aromatic nitrogens is 3. The van der Waals surface area contributed by atoms with Gasteiger partial charge in [0.25, 0.3) is 0 Å². The number of halogens is 1. The minimum Gasteiger partial charge on any atom is -0.383 e. The number of ether oxygens (including phenoxy) is 2. The lowest BCUT2D eigenvalue weighted by molar-refractivity contribution is -0.305. The SMILES string of the molecule is CC1(C)OC2CC(N3CCc4c(N)ncnc43)CC2[C@@H](/C=C/c2ccc3cc(Cl)c(N)nc3c2)O1. The van der Waals surface area contributed by atoms with E-state index in [-0.39, 0.29) is 18.1 Å². The molecular formula is C26H29ClN6O2. The Balaban J connectivity index is 1.25. The largest absolute Gasteiger partial charge is 0.383 e. The van der Waals surface area contributed by atoms with Crippen molar-refractivity contribution in [3.63, 3.8) is 0 Å². The Labute approximate surface area is 209 Å². The minimum absolute atomic E-state index is 0.0646. The fourth-order valence-corrected chi connectivity index (χ4v) is 5.97. The maximum absolute atomic E-state index is 6.41. The van der Waals surface area contributed by atoms with Crippen LogP contribution in [0.15, 0.2) is 36.7 Å². The van der Waals surface area contributed by atoms with Gasteiger partial charge in [0.1, 0.15) is 23.8 Å². The third-order valence-corrected chi connectivity index (χ3v) is 7.68. The lowest BCUT2D eigenvalue weighted by Crippen LogP contribution is -2.48. The second-order valence-corrected chi connectivity index (χ2v) is 10.5. The Morgan fingerprint density at radius 2 is 1.97 bits per heavy atom. The van der Waals surface area contributed by atoms with Crippen LogP contribution in [-0.2, 0) is 15.9 Å². The second-order valence-electron chi connectivity index (χ2n) is 10.1. The summed E-state index contributed by atoms with van der Waals surface area (Å²) in [5.74, 6) is 1.49. The molecule has 0 radical (unpaired) electrons. The normalized spacial score (nSPS) is 27.5. The first-order valence-corrected chi connectivity index (χ1v) is 12.4. The summed E-state index contributed by atoms with van der Waals surface area (Å²) in [6.45, 7) is 4.89. The summed E-state index contributed by atoms with van der Waals surface area (Å²) in [6, 6.07) is 8.25. The van der Waals surface area contributed by atoms with Gasteiger partial charge in [0.2, 0.25) is 0 Å². The van der Waals surface area contributed by atoms with Gasteiger partial charge in [-0.15, -0.1) is 0 Å². The van der Waals surface area contributed by atoms with E-state index in [2.05, 4.69) is 38.1 Å². The molecule has 3 aliphatic rings. The maximum Gasteiger partial charge on any atom is 0.163 e. The van der Waals surface area contributed by atoms with E-state index in [0.29, 0.717) is 22.7 Å². The molecule has 4 heterocycles. The van der Waals surface area contributed by atoms with Crippen molar-refractivity contribution >= 4 is 46.0 Å². The van der Waals surface area contributed by atoms with Crippen LogP contribution in [0.4, 0.5) is 17.5 Å². The van der Waals surface area contributed by atoms with Crippen molar-refractivity contribution in [2.45, 2.75) is 57.1 Å². The van der Waals surface area contributed by atoms with Crippen molar-refractivity contribution in [1.82, 2.24) is 15.0 Å². The summed E-state index contributed by atoms with van der Waals surface area (Å²) in [6.07, 6.45) is 8.64. The first-order chi connectivity index (χ1) is 16.8. The highest BCUT2D eigenvalue weighted by Gasteiger charge is 2.49. The zero-order valence-corrected chi connectivity index (χ0v) is 20.6. The highest BCUT2D eigenvalue weighted by Crippen LogP contribution is 2.45. The summed E-state index contributed by atoms with van der Waals surface area (Å²) in [5.41, 5.74) is 14.9. The van der Waals surface area contributed by atoms with E-state index in [9.17, 15) is 0 Å². The van der Waals surface area contributed by atoms with Crippen LogP contribution in [0, 0.1) is 5.92 Å². The molecule has 2 aromatic heterocycles. The first-order valence-electron chi connectivity index (χ1n) is 12.0. The van der Waals surface area contributed by atoms with Crippen molar-refractivity contribution in [3.05, 3.63) is 52.8 Å². The highest BCUT2D eigenvalue weighted by atomic mass is 35.5. The third kappa shape index (κ3) is 4.09. The van der Waals surface area contributed by atoms with Gasteiger partial charge < -0.3 is 25.8 Å². The van der Waals surface area contributed by atoms with E-state index < -0.39 is 5.79 Å². The van der Waals surface area contributed by atoms with E-state index >= 15 is 0 Å². The lowest BCUT2D eigenvalue weighted by Gasteiger charge is -2.42. The number of hydrogen-bond acceptors (Lipinski definition) is 8. The molecule has 4 N–H and O–H groups in total. The van der Waals surface area contributed by atoms with Crippen LogP contribution in [-0.4, -0.2) is 45.5 Å². The summed E-state index contributed by atoms with van der Waals surface area (Å²) < 4.78 is 12.8. The Morgan fingerprint density at radius 1 is 1.11 bits per heavy atom. The smallest absolute Gasteiger partial charge is 0.163 e. The van der Waals surface area contributed by atoms with Crippen molar-refractivity contribution in [3.8, 4) is 0 Å². The Morgan fingerprint density at radius 3 is 2.83 bits per heavy atom. The third-order valence-electron chi connectivity index (χ3n) is 7.38. The predicted octanol–water partition coefficient (Wildman–Crippen LogP) is 4.22. The van der Waals surface area contributed by atoms with Gasteiger partial charge in [-0.2, -0.15) is 0 Å². The molecule has 1 aliphatic carbocycles. The predicted molar refractivity (Wildman–Crippen MR) is 138 cm³/mol. The zero-order valence-electron chi connectivity index (χ0n) is 19.8. The molecule has 35 heavy (non-hydrogen) atoms. The van der Waals surface area contributed by atoms with E-state index in [1.807, 2.05) is 32.0 Å². The number of benzene rings is 1. The van der Waals surface area contributed by atoms with Crippen LogP contribution in [0.1, 0.15) is 37.8 Å². The molecule has 9 heteroatoms. The van der Waals surface area contributed by atoms with Crippen LogP contribution >= 0.6 is 11.6 Å². The number of nitrogens with zero attached hydrogens (tertiary/aromatic N) is 4. The molecular weight excluding hydrogens is 464 g/mol. The highest BCUT2D eigenvalue weighted by molar-refractivity contribution is 6.33. The van der Waals surface area contributed by atoms with Gasteiger partial charge in [0.15, 0.2) is 5.79 Å². The minimum atomic E-state index is -0.656.